The van der Waals surface area contributed by atoms with Gasteiger partial charge in [0.2, 0.25) is 0 Å². The predicted octanol–water partition coefficient (Wildman–Crippen LogP) is 20.1. The number of ether oxygens (including phenoxy) is 1. The molecule has 0 aromatic heterocycles. The number of halogens is 6. The van der Waals surface area contributed by atoms with Crippen LogP contribution in [0.3, 0.4) is 0 Å². The number of nitrogens with zero attached hydrogens (tertiary/aromatic N) is 6. The van der Waals surface area contributed by atoms with E-state index >= 15 is 0 Å². The summed E-state index contributed by atoms with van der Waals surface area (Å²) in [6.07, 6.45) is 9.33. The molecule has 5 aliphatic heterocycles. The van der Waals surface area contributed by atoms with Gasteiger partial charge in [0.05, 0.1) is 53.8 Å². The predicted molar refractivity (Wildman–Crippen MR) is 519 cm³/mol. The van der Waals surface area contributed by atoms with Crippen molar-refractivity contribution in [2.24, 2.45) is 47.0 Å². The maximum atomic E-state index is 12.6. The molecular weight excluding hydrogens is 1690 g/mol. The van der Waals surface area contributed by atoms with Crippen molar-refractivity contribution in [1.29, 1.82) is 0 Å². The summed E-state index contributed by atoms with van der Waals surface area (Å²) in [6.45, 7) is 41.7. The number of carbonyl (C=O) groups excluding carboxylic acids is 6. The van der Waals surface area contributed by atoms with E-state index in [0.29, 0.717) is 71.7 Å². The molecule has 0 radical (unpaired) electrons. The van der Waals surface area contributed by atoms with E-state index < -0.39 is 0 Å². The van der Waals surface area contributed by atoms with E-state index in [1.807, 2.05) is 229 Å². The highest BCUT2D eigenvalue weighted by Gasteiger charge is 2.34. The SMILES string of the molecule is CC(C)C(=O)[C@@H](CN1CCC(N)CC1)c1ccc(Cl)cc1.CC(C)C(=O)[C@@H](CN1CCC(O)CC1)c1ccc(Cl)cc1.CC(C)C(=O)[C@H](CN(C)C(C)C)c1ccc(Cl)cc1.CC(C)C(=O)[C@H](CN1CCC(N)CC1)c1ccc(Cl)cc1.CC(C)C(=O)[C@H](CN1CCC(O)CC1)c1ccc(Cl)cc1.COC1CCN(C[C@H](C(=O)C(C)C)c2ccc(Cl)cc2)CC1. The molecule has 0 bridgehead atoms. The lowest BCUT2D eigenvalue weighted by Gasteiger charge is -2.33. The van der Waals surface area contributed by atoms with Gasteiger partial charge in [-0.3, -0.25) is 28.8 Å². The van der Waals surface area contributed by atoms with Crippen molar-refractivity contribution in [3.8, 4) is 0 Å². The van der Waals surface area contributed by atoms with Crippen LogP contribution in [0, 0.1) is 35.5 Å². The van der Waals surface area contributed by atoms with Gasteiger partial charge in [0.1, 0.15) is 34.7 Å². The number of carbonyl (C=O) groups is 6. The minimum atomic E-state index is -0.184. The minimum Gasteiger partial charge on any atom is -0.393 e. The third-order valence-electron chi connectivity index (χ3n) is 24.9. The van der Waals surface area contributed by atoms with Gasteiger partial charge in [0, 0.05) is 169 Å². The number of aliphatic hydroxyl groups excluding tert-OH is 2. The number of Topliss-reactive ketones (excluding diaryl/α,β-unsaturated/α-hetero) is 6. The number of benzene rings is 6. The minimum absolute atomic E-state index is 0.0149. The number of likely N-dealkylation sites (tertiary alicyclic amines) is 5. The van der Waals surface area contributed by atoms with Crippen molar-refractivity contribution in [2.75, 3.05) is 119 Å². The highest BCUT2D eigenvalue weighted by molar-refractivity contribution is 6.32. The molecule has 5 fully saturated rings. The van der Waals surface area contributed by atoms with E-state index in [0.717, 1.165) is 202 Å². The number of likely N-dealkylation sites (N-methyl/N-ethyl adjacent to an activating group) is 1. The zero-order valence-corrected chi connectivity index (χ0v) is 82.0. The molecule has 11 rings (SSSR count). The second-order valence-electron chi connectivity index (χ2n) is 37.1. The highest BCUT2D eigenvalue weighted by Crippen LogP contribution is 2.33. The average Bonchev–Trinajstić information content (AvgIpc) is 0.870. The van der Waals surface area contributed by atoms with E-state index in [4.69, 9.17) is 85.8 Å². The lowest BCUT2D eigenvalue weighted by molar-refractivity contribution is -0.124. The second-order valence-corrected chi connectivity index (χ2v) is 39.7. The van der Waals surface area contributed by atoms with Crippen molar-refractivity contribution >= 4 is 104 Å². The first kappa shape index (κ1) is 108. The normalized spacial score (nSPS) is 18.0. The third kappa shape index (κ3) is 37.8. The Morgan fingerprint density at radius 2 is 0.480 bits per heavy atom. The van der Waals surface area contributed by atoms with Gasteiger partial charge in [-0.1, -0.05) is 225 Å². The highest BCUT2D eigenvalue weighted by atomic mass is 35.5. The maximum absolute atomic E-state index is 12.6. The van der Waals surface area contributed by atoms with Crippen molar-refractivity contribution in [3.05, 3.63) is 209 Å². The Morgan fingerprint density at radius 3 is 0.656 bits per heavy atom. The number of aliphatic hydroxyl groups is 2. The Balaban J connectivity index is 0.000000232. The van der Waals surface area contributed by atoms with Crippen LogP contribution in [0.5, 0.6) is 0 Å². The van der Waals surface area contributed by atoms with Gasteiger partial charge in [-0.15, -0.1) is 0 Å². The van der Waals surface area contributed by atoms with Crippen molar-refractivity contribution in [2.45, 2.75) is 233 Å². The van der Waals surface area contributed by atoms with Gasteiger partial charge in [0.15, 0.2) is 0 Å². The molecule has 0 unspecified atom stereocenters. The summed E-state index contributed by atoms with van der Waals surface area (Å²) in [5, 5.41) is 23.4. The van der Waals surface area contributed by atoms with E-state index in [1.54, 1.807) is 7.11 Å². The Labute approximate surface area is 780 Å². The molecule has 6 atom stereocenters. The fraction of sp³-hybridized carbons (Fsp3) is 0.588. The van der Waals surface area contributed by atoms with Crippen LogP contribution in [-0.2, 0) is 33.5 Å². The van der Waals surface area contributed by atoms with E-state index in [-0.39, 0.29) is 101 Å². The maximum Gasteiger partial charge on any atom is 0.144 e. The largest absolute Gasteiger partial charge is 0.393 e. The Kier molecular flexibility index (Phi) is 48.3. The Bertz CT molecular complexity index is 3760. The topological polar surface area (TPSA) is 224 Å². The smallest absolute Gasteiger partial charge is 0.144 e. The van der Waals surface area contributed by atoms with Gasteiger partial charge in [-0.25, -0.2) is 0 Å². The summed E-state index contributed by atoms with van der Waals surface area (Å²) in [5.74, 6) is 1.39. The number of rotatable bonds is 32. The van der Waals surface area contributed by atoms with Gasteiger partial charge in [-0.05, 0) is 217 Å². The number of hydrogen-bond acceptors (Lipinski definition) is 17. The molecule has 17 nitrogen and oxygen atoms in total. The molecule has 6 N–H and O–H groups in total. The molecule has 692 valence electrons. The molecule has 6 aromatic carbocycles. The van der Waals surface area contributed by atoms with Crippen LogP contribution in [0.1, 0.15) is 230 Å². The third-order valence-corrected chi connectivity index (χ3v) is 26.4. The average molecular weight is 1840 g/mol. The van der Waals surface area contributed by atoms with Gasteiger partial charge < -0.3 is 55.8 Å². The quantitative estimate of drug-likeness (QED) is 0.0308. The lowest BCUT2D eigenvalue weighted by atomic mass is 9.88. The van der Waals surface area contributed by atoms with Gasteiger partial charge in [0.25, 0.3) is 0 Å². The van der Waals surface area contributed by atoms with Crippen LogP contribution < -0.4 is 11.5 Å². The molecule has 0 aliphatic carbocycles. The zero-order valence-electron chi connectivity index (χ0n) is 77.5. The molecule has 5 saturated heterocycles. The summed E-state index contributed by atoms with van der Waals surface area (Å²) < 4.78 is 5.42. The first-order chi connectivity index (χ1) is 59.2. The summed E-state index contributed by atoms with van der Waals surface area (Å²) in [4.78, 5) is 89.2. The van der Waals surface area contributed by atoms with Gasteiger partial charge in [-0.2, -0.15) is 0 Å². The van der Waals surface area contributed by atoms with Crippen molar-refractivity contribution in [3.63, 3.8) is 0 Å². The number of piperidine rings is 5. The van der Waals surface area contributed by atoms with Crippen LogP contribution in [0.15, 0.2) is 146 Å². The molecule has 125 heavy (non-hydrogen) atoms. The van der Waals surface area contributed by atoms with Crippen molar-refractivity contribution in [1.82, 2.24) is 29.4 Å². The summed E-state index contributed by atoms with van der Waals surface area (Å²) in [5.41, 5.74) is 18.2. The number of nitrogens with two attached hydrogens (primary N) is 2. The molecule has 5 heterocycles. The molecule has 0 saturated carbocycles. The van der Waals surface area contributed by atoms with Gasteiger partial charge >= 0.3 is 0 Å². The Morgan fingerprint density at radius 1 is 0.312 bits per heavy atom. The first-order valence-corrected chi connectivity index (χ1v) is 48.0. The summed E-state index contributed by atoms with van der Waals surface area (Å²) in [7, 11) is 3.83. The monoisotopic (exact) mass is 1840 g/mol. The molecule has 5 aliphatic rings. The van der Waals surface area contributed by atoms with Crippen LogP contribution in [0.25, 0.3) is 0 Å². The molecular formula is C102H148Cl6N8O9. The molecule has 6 aromatic rings. The summed E-state index contributed by atoms with van der Waals surface area (Å²) >= 11 is 35.7. The van der Waals surface area contributed by atoms with E-state index in [2.05, 4.69) is 50.3 Å². The fourth-order valence-corrected chi connectivity index (χ4v) is 17.1. The van der Waals surface area contributed by atoms with E-state index in [1.165, 1.54) is 0 Å². The van der Waals surface area contributed by atoms with Crippen molar-refractivity contribution < 1.29 is 43.7 Å². The van der Waals surface area contributed by atoms with Crippen LogP contribution in [-0.4, -0.2) is 230 Å². The van der Waals surface area contributed by atoms with Crippen LogP contribution >= 0.6 is 69.6 Å². The number of hydrogen-bond donors (Lipinski definition) is 4. The molecule has 0 spiro atoms. The van der Waals surface area contributed by atoms with Crippen LogP contribution in [0.4, 0.5) is 0 Å². The number of ketones is 6. The molecule has 0 amide bonds. The lowest BCUT2D eigenvalue weighted by Crippen LogP contribution is -2.42. The molecule has 23 heteroatoms. The summed E-state index contributed by atoms with van der Waals surface area (Å²) in [6, 6.07) is 46.9. The fourth-order valence-electron chi connectivity index (χ4n) is 16.3. The zero-order chi connectivity index (χ0) is 92.3. The van der Waals surface area contributed by atoms with Crippen LogP contribution in [0.2, 0.25) is 30.1 Å². The second kappa shape index (κ2) is 55.7. The first-order valence-electron chi connectivity index (χ1n) is 45.7. The Hall–Kier alpha value is -5.36. The standard InChI is InChI=1S/C18H26ClNO2.2C17H25ClN2O.2C17H24ClNO2.C16H24ClNO/c1-13(2)18(21)17(14-4-6-15(19)7-5-14)12-20-10-8-16(22-3)9-11-20;2*1-12(2)17(21)16(13-3-5-14(18)6-4-13)11-20-9-7-15(19)8-10-20;2*1-12(2)17(21)16(13-3-5-14(18)6-4-13)11-19-9-7-15(20)8-10-19;1-11(2)16(19)15(10-18(5)12(3)4)13-6-8-14(17)9-7-13/h4-7,13,16-17H,8-12H2,1-3H3;2*3-6,12,15-16H,7-11,19H2,1-2H3;2*3-6,12,15-16,20H,7-11H2,1-2H3;6-9,11-12,15H,10H2,1-5H3/t17-;4*16-;15-/m010101/s1. The number of methoxy groups -OCH3 is 1. The van der Waals surface area contributed by atoms with E-state index in [9.17, 15) is 39.0 Å².